The van der Waals surface area contributed by atoms with Gasteiger partial charge in [-0.2, -0.15) is 0 Å². The molecule has 1 heterocycles. The summed E-state index contributed by atoms with van der Waals surface area (Å²) in [5.41, 5.74) is -8.77. The van der Waals surface area contributed by atoms with Gasteiger partial charge in [0, 0.05) is 30.8 Å². The van der Waals surface area contributed by atoms with Crippen LogP contribution < -0.4 is 5.32 Å². The summed E-state index contributed by atoms with van der Waals surface area (Å²) >= 11 is 0. The Balaban J connectivity index is 1.49. The highest BCUT2D eigenvalue weighted by Gasteiger charge is 2.78. The lowest BCUT2D eigenvalue weighted by atomic mass is 9.45. The van der Waals surface area contributed by atoms with Crippen LogP contribution in [0.25, 0.3) is 0 Å². The first-order chi connectivity index (χ1) is 27.0. The van der Waals surface area contributed by atoms with Crippen molar-refractivity contribution in [2.75, 3.05) is 6.61 Å². The molecule has 2 aromatic carbocycles. The number of amides is 1. The van der Waals surface area contributed by atoms with Crippen LogP contribution in [0.15, 0.2) is 71.8 Å². The Labute approximate surface area is 336 Å². The van der Waals surface area contributed by atoms with Crippen LogP contribution in [0.5, 0.6) is 0 Å². The maximum Gasteiger partial charge on any atom is 0.408 e. The van der Waals surface area contributed by atoms with Crippen molar-refractivity contribution >= 4 is 35.6 Å². The maximum absolute atomic E-state index is 14.8. The summed E-state index contributed by atoms with van der Waals surface area (Å²) in [5, 5.41) is 39.3. The van der Waals surface area contributed by atoms with Crippen molar-refractivity contribution in [3.63, 3.8) is 0 Å². The third kappa shape index (κ3) is 7.01. The van der Waals surface area contributed by atoms with E-state index in [1.807, 2.05) is 0 Å². The molecule has 1 unspecified atom stereocenters. The minimum atomic E-state index is -2.41. The molecule has 58 heavy (non-hydrogen) atoms. The molecule has 6 rings (SSSR count). The molecule has 1 amide bonds. The van der Waals surface area contributed by atoms with Crippen molar-refractivity contribution in [2.45, 2.75) is 122 Å². The van der Waals surface area contributed by atoms with Gasteiger partial charge >= 0.3 is 24.0 Å². The molecule has 2 saturated carbocycles. The fourth-order valence-electron chi connectivity index (χ4n) is 9.34. The molecule has 0 aromatic heterocycles. The highest BCUT2D eigenvalue weighted by molar-refractivity contribution is 6.46. The van der Waals surface area contributed by atoms with Gasteiger partial charge in [0.15, 0.2) is 11.7 Å². The lowest BCUT2D eigenvalue weighted by Crippen LogP contribution is -2.81. The molecule has 1 saturated heterocycles. The number of alkyl carbamates (subject to hydrolysis) is 1. The van der Waals surface area contributed by atoms with Gasteiger partial charge in [0.25, 0.3) is 0 Å². The molecular formula is C43H51NO14. The average molecular weight is 806 g/mol. The zero-order chi connectivity index (χ0) is 42.7. The molecule has 2 bridgehead atoms. The van der Waals surface area contributed by atoms with Crippen LogP contribution in [0.3, 0.4) is 0 Å². The molecule has 4 N–H and O–H groups in total. The Bertz CT molecular complexity index is 2020. The topological polar surface area (TPSA) is 221 Å². The minimum absolute atomic E-state index is 0.0602. The van der Waals surface area contributed by atoms with Gasteiger partial charge < -0.3 is 44.3 Å². The van der Waals surface area contributed by atoms with Crippen LogP contribution in [-0.2, 0) is 42.9 Å². The summed E-state index contributed by atoms with van der Waals surface area (Å²) < 4.78 is 29.4. The van der Waals surface area contributed by atoms with E-state index >= 15 is 0 Å². The highest BCUT2D eigenvalue weighted by atomic mass is 16.6. The fourth-order valence-corrected chi connectivity index (χ4v) is 9.34. The molecule has 15 heteroatoms. The lowest BCUT2D eigenvalue weighted by Gasteiger charge is -2.66. The Hall–Kier alpha value is -4.96. The summed E-state index contributed by atoms with van der Waals surface area (Å²) in [5.74, 6) is -6.80. The van der Waals surface area contributed by atoms with Gasteiger partial charge in [-0.1, -0.05) is 62.4 Å². The Morgan fingerprint density at radius 2 is 1.55 bits per heavy atom. The van der Waals surface area contributed by atoms with Crippen molar-refractivity contribution in [3.05, 3.63) is 82.9 Å². The van der Waals surface area contributed by atoms with Gasteiger partial charge in [0.1, 0.15) is 29.5 Å². The summed E-state index contributed by atoms with van der Waals surface area (Å²) in [6.45, 7) is 11.5. The van der Waals surface area contributed by atoms with Crippen LogP contribution in [0, 0.1) is 16.7 Å². The van der Waals surface area contributed by atoms with Crippen molar-refractivity contribution in [1.29, 1.82) is 0 Å². The molecule has 3 fully saturated rings. The average Bonchev–Trinajstić information content (AvgIpc) is 3.14. The largest absolute Gasteiger partial charge is 0.456 e. The van der Waals surface area contributed by atoms with Gasteiger partial charge in [-0.05, 0) is 57.9 Å². The zero-order valence-electron chi connectivity index (χ0n) is 33.8. The molecule has 0 radical (unpaired) electrons. The standard InChI is InChI=1S/C43H51NO14/c1-22-26(55-37(51)32(48)30(24-15-11-9-12-16-24)44-38(52)58-39(3,4)5)20-43(53)35(56-36(50)25-17-13-10-14-18-25)33-41(8,34(49)31(47)29(22)40(43,6)7)27(46)19-28-42(33,21-54-28)57-23(2)45/h9-18,26-28,30,32-33,35,46,48,53H,19-21H2,1-8H3,(H,44,52)/t26-,27+,28-,30+,32+,33+,35-,41-,42?,43-/m1/s1. The predicted octanol–water partition coefficient (Wildman–Crippen LogP) is 3.47. The first-order valence-electron chi connectivity index (χ1n) is 19.2. The van der Waals surface area contributed by atoms with Crippen molar-refractivity contribution < 1.29 is 67.8 Å². The number of hydrogen-bond donors (Lipinski definition) is 4. The number of ether oxygens (including phenoxy) is 5. The van der Waals surface area contributed by atoms with E-state index in [-0.39, 0.29) is 29.7 Å². The van der Waals surface area contributed by atoms with E-state index in [2.05, 4.69) is 5.32 Å². The number of rotatable bonds is 8. The van der Waals surface area contributed by atoms with Gasteiger partial charge in [-0.3, -0.25) is 14.4 Å². The molecule has 2 aromatic rings. The number of fused-ring (bicyclic) bond motifs is 5. The molecule has 3 aliphatic carbocycles. The molecular weight excluding hydrogens is 754 g/mol. The second-order valence-corrected chi connectivity index (χ2v) is 17.4. The van der Waals surface area contributed by atoms with E-state index in [0.29, 0.717) is 5.56 Å². The number of aliphatic hydroxyl groups excluding tert-OH is 2. The monoisotopic (exact) mass is 805 g/mol. The summed E-state index contributed by atoms with van der Waals surface area (Å²) in [6.07, 6.45) is -9.78. The first kappa shape index (κ1) is 42.6. The highest BCUT2D eigenvalue weighted by Crippen LogP contribution is 2.63. The summed E-state index contributed by atoms with van der Waals surface area (Å²) in [7, 11) is 0. The van der Waals surface area contributed by atoms with Gasteiger partial charge in [-0.25, -0.2) is 14.4 Å². The predicted molar refractivity (Wildman–Crippen MR) is 203 cm³/mol. The Morgan fingerprint density at radius 1 is 0.948 bits per heavy atom. The van der Waals surface area contributed by atoms with Crippen molar-refractivity contribution in [2.24, 2.45) is 16.7 Å². The smallest absolute Gasteiger partial charge is 0.408 e. The number of benzene rings is 2. The van der Waals surface area contributed by atoms with Crippen LogP contribution in [0.2, 0.25) is 0 Å². The van der Waals surface area contributed by atoms with Crippen LogP contribution >= 0.6 is 0 Å². The zero-order valence-corrected chi connectivity index (χ0v) is 33.8. The Morgan fingerprint density at radius 3 is 2.10 bits per heavy atom. The third-order valence-electron chi connectivity index (χ3n) is 12.4. The number of aliphatic hydroxyl groups is 3. The van der Waals surface area contributed by atoms with Crippen LogP contribution in [0.1, 0.15) is 90.2 Å². The van der Waals surface area contributed by atoms with E-state index in [9.17, 15) is 44.1 Å². The number of ketones is 2. The van der Waals surface area contributed by atoms with Gasteiger partial charge in [-0.15, -0.1) is 0 Å². The lowest BCUT2D eigenvalue weighted by molar-refractivity contribution is -0.343. The number of nitrogens with one attached hydrogen (secondary N) is 1. The second-order valence-electron chi connectivity index (χ2n) is 17.4. The second kappa shape index (κ2) is 15.0. The molecule has 15 nitrogen and oxygen atoms in total. The van der Waals surface area contributed by atoms with E-state index in [0.717, 1.165) is 6.92 Å². The Kier molecular flexibility index (Phi) is 11.0. The minimum Gasteiger partial charge on any atom is -0.456 e. The van der Waals surface area contributed by atoms with Gasteiger partial charge in [0.2, 0.25) is 11.6 Å². The van der Waals surface area contributed by atoms with E-state index < -0.39 is 112 Å². The normalized spacial score (nSPS) is 32.4. The van der Waals surface area contributed by atoms with E-state index in [4.69, 9.17) is 23.7 Å². The molecule has 312 valence electrons. The van der Waals surface area contributed by atoms with Crippen LogP contribution in [0.4, 0.5) is 4.79 Å². The van der Waals surface area contributed by atoms with Crippen molar-refractivity contribution in [3.8, 4) is 0 Å². The number of esters is 3. The van der Waals surface area contributed by atoms with E-state index in [1.165, 1.54) is 39.8 Å². The quantitative estimate of drug-likeness (QED) is 0.171. The number of carbonyl (C=O) groups excluding carboxylic acids is 6. The van der Waals surface area contributed by atoms with E-state index in [1.54, 1.807) is 69.3 Å². The molecule has 4 aliphatic rings. The van der Waals surface area contributed by atoms with Crippen LogP contribution in [-0.4, -0.2) is 105 Å². The van der Waals surface area contributed by atoms with Crippen molar-refractivity contribution in [1.82, 2.24) is 5.32 Å². The molecule has 10 atom stereocenters. The fraction of sp³-hybridized carbons (Fsp3) is 0.535. The third-order valence-corrected chi connectivity index (χ3v) is 12.4. The van der Waals surface area contributed by atoms with Gasteiger partial charge in [0.05, 0.1) is 35.6 Å². The SMILES string of the molecule is CC(=O)OC12CO[C@@H]1C[C@H](O)[C@@]1(C)C(=O)C(=O)C3=C(C)[C@H](OC(=O)[C@@H](O)[C@@H](NC(=O)OC(C)(C)C)c4ccccc4)C[C@@](O)([C@H](OC(=O)c4ccccc4)[C@H]21)C3(C)C. The molecule has 1 aliphatic heterocycles. The maximum atomic E-state index is 14.8. The first-order valence-corrected chi connectivity index (χ1v) is 19.2. The number of hydrogen-bond acceptors (Lipinski definition) is 14. The summed E-state index contributed by atoms with van der Waals surface area (Å²) in [6, 6.07) is 14.5. The number of Topliss-reactive ketones (excluding diaryl/α,β-unsaturated/α-hetero) is 2. The number of carbonyl (C=O) groups is 6. The summed E-state index contributed by atoms with van der Waals surface area (Å²) in [4.78, 5) is 83.5. The molecule has 0 spiro atoms.